The molecule has 0 amide bonds. The highest BCUT2D eigenvalue weighted by Crippen LogP contribution is 2.17. The van der Waals surface area contributed by atoms with Crippen molar-refractivity contribution in [3.63, 3.8) is 0 Å². The molecule has 1 saturated heterocycles. The van der Waals surface area contributed by atoms with Crippen molar-refractivity contribution in [3.05, 3.63) is 57.3 Å². The van der Waals surface area contributed by atoms with E-state index in [0.717, 1.165) is 16.1 Å². The highest BCUT2D eigenvalue weighted by molar-refractivity contribution is 5.46. The maximum Gasteiger partial charge on any atom is 0.329 e. The summed E-state index contributed by atoms with van der Waals surface area (Å²) in [6.45, 7) is 4.70. The second kappa shape index (κ2) is 6.71. The van der Waals surface area contributed by atoms with E-state index in [1.165, 1.54) is 19.4 Å². The maximum absolute atomic E-state index is 11.8. The zero-order valence-corrected chi connectivity index (χ0v) is 15.2. The fourth-order valence-corrected chi connectivity index (χ4v) is 3.07. The SMILES string of the molecule is Cc1ccn(-c2cc(N3CCN(c4cc(=O)n(C)c(=O)[nH]4)CC3)ncn2)n1. The van der Waals surface area contributed by atoms with Gasteiger partial charge in [0.2, 0.25) is 0 Å². The molecule has 1 aliphatic rings. The van der Waals surface area contributed by atoms with Gasteiger partial charge in [0, 0.05) is 51.6 Å². The fourth-order valence-electron chi connectivity index (χ4n) is 3.07. The summed E-state index contributed by atoms with van der Waals surface area (Å²) in [4.78, 5) is 39.2. The first-order valence-corrected chi connectivity index (χ1v) is 8.66. The topological polar surface area (TPSA) is 105 Å². The zero-order valence-electron chi connectivity index (χ0n) is 15.2. The van der Waals surface area contributed by atoms with Gasteiger partial charge in [-0.25, -0.2) is 19.4 Å². The van der Waals surface area contributed by atoms with Gasteiger partial charge in [-0.3, -0.25) is 14.3 Å². The second-order valence-corrected chi connectivity index (χ2v) is 6.47. The van der Waals surface area contributed by atoms with Crippen molar-refractivity contribution in [1.82, 2.24) is 29.3 Å². The first-order valence-electron chi connectivity index (χ1n) is 8.66. The molecule has 0 aromatic carbocycles. The predicted molar refractivity (Wildman–Crippen MR) is 101 cm³/mol. The Morgan fingerprint density at radius 3 is 2.37 bits per heavy atom. The molecule has 3 aromatic rings. The van der Waals surface area contributed by atoms with E-state index in [1.807, 2.05) is 30.2 Å². The molecular formula is C17H20N8O2. The molecule has 10 heteroatoms. The highest BCUT2D eigenvalue weighted by atomic mass is 16.2. The average Bonchev–Trinajstić information content (AvgIpc) is 3.12. The Hall–Kier alpha value is -3.43. The lowest BCUT2D eigenvalue weighted by Crippen LogP contribution is -2.48. The molecule has 1 fully saturated rings. The van der Waals surface area contributed by atoms with Crippen molar-refractivity contribution in [2.75, 3.05) is 36.0 Å². The molecule has 27 heavy (non-hydrogen) atoms. The van der Waals surface area contributed by atoms with Gasteiger partial charge < -0.3 is 9.80 Å². The number of aryl methyl sites for hydroxylation is 1. The molecule has 0 unspecified atom stereocenters. The summed E-state index contributed by atoms with van der Waals surface area (Å²) in [5.74, 6) is 2.09. The minimum atomic E-state index is -0.408. The summed E-state index contributed by atoms with van der Waals surface area (Å²) in [7, 11) is 1.46. The number of nitrogens with zero attached hydrogens (tertiary/aromatic N) is 7. The van der Waals surface area contributed by atoms with E-state index < -0.39 is 5.69 Å². The number of piperazine rings is 1. The molecule has 0 bridgehead atoms. The molecule has 0 spiro atoms. The molecule has 0 radical (unpaired) electrons. The largest absolute Gasteiger partial charge is 0.354 e. The van der Waals surface area contributed by atoms with E-state index in [0.29, 0.717) is 37.8 Å². The average molecular weight is 368 g/mol. The Morgan fingerprint density at radius 2 is 1.70 bits per heavy atom. The molecule has 1 N–H and O–H groups in total. The number of hydrogen-bond donors (Lipinski definition) is 1. The molecule has 0 saturated carbocycles. The Balaban J connectivity index is 1.50. The smallest absolute Gasteiger partial charge is 0.329 e. The van der Waals surface area contributed by atoms with Gasteiger partial charge >= 0.3 is 5.69 Å². The van der Waals surface area contributed by atoms with E-state index >= 15 is 0 Å². The minimum absolute atomic E-state index is 0.314. The first-order chi connectivity index (χ1) is 13.0. The predicted octanol–water partition coefficient (Wildman–Crippen LogP) is -0.316. The lowest BCUT2D eigenvalue weighted by Gasteiger charge is -2.36. The summed E-state index contributed by atoms with van der Waals surface area (Å²) < 4.78 is 2.78. The van der Waals surface area contributed by atoms with Crippen molar-refractivity contribution >= 4 is 11.6 Å². The van der Waals surface area contributed by atoms with Crippen molar-refractivity contribution in [3.8, 4) is 5.82 Å². The summed E-state index contributed by atoms with van der Waals surface area (Å²) in [5.41, 5.74) is 0.202. The number of aromatic amines is 1. The van der Waals surface area contributed by atoms with Crippen molar-refractivity contribution in [2.24, 2.45) is 7.05 Å². The molecule has 4 heterocycles. The Bertz CT molecular complexity index is 1040. The van der Waals surface area contributed by atoms with E-state index in [9.17, 15) is 9.59 Å². The third kappa shape index (κ3) is 3.33. The van der Waals surface area contributed by atoms with Gasteiger partial charge in [-0.1, -0.05) is 0 Å². The van der Waals surface area contributed by atoms with Gasteiger partial charge in [0.25, 0.3) is 5.56 Å². The third-order valence-corrected chi connectivity index (χ3v) is 4.67. The molecule has 0 atom stereocenters. The molecule has 140 valence electrons. The van der Waals surface area contributed by atoms with Crippen LogP contribution in [0.1, 0.15) is 5.69 Å². The summed E-state index contributed by atoms with van der Waals surface area (Å²) in [6, 6.07) is 5.29. The molecule has 0 aliphatic carbocycles. The number of aromatic nitrogens is 6. The van der Waals surface area contributed by atoms with E-state index in [1.54, 1.807) is 4.68 Å². The van der Waals surface area contributed by atoms with Crippen LogP contribution in [0, 0.1) is 6.92 Å². The van der Waals surface area contributed by atoms with Crippen LogP contribution in [0.2, 0.25) is 0 Å². The monoisotopic (exact) mass is 368 g/mol. The quantitative estimate of drug-likeness (QED) is 0.676. The Labute approximate surface area is 154 Å². The van der Waals surface area contributed by atoms with Gasteiger partial charge in [0.1, 0.15) is 18.0 Å². The third-order valence-electron chi connectivity index (χ3n) is 4.67. The van der Waals surface area contributed by atoms with Crippen LogP contribution in [0.25, 0.3) is 5.82 Å². The van der Waals surface area contributed by atoms with E-state index in [4.69, 9.17) is 0 Å². The van der Waals surface area contributed by atoms with Crippen molar-refractivity contribution < 1.29 is 0 Å². The van der Waals surface area contributed by atoms with Gasteiger partial charge in [0.05, 0.1) is 5.69 Å². The van der Waals surface area contributed by atoms with Crippen LogP contribution < -0.4 is 21.0 Å². The van der Waals surface area contributed by atoms with Gasteiger partial charge in [-0.15, -0.1) is 0 Å². The fraction of sp³-hybridized carbons (Fsp3) is 0.353. The Morgan fingerprint density at radius 1 is 1.00 bits per heavy atom. The minimum Gasteiger partial charge on any atom is -0.354 e. The van der Waals surface area contributed by atoms with Crippen LogP contribution in [-0.2, 0) is 7.05 Å². The number of rotatable bonds is 3. The summed E-state index contributed by atoms with van der Waals surface area (Å²) >= 11 is 0. The van der Waals surface area contributed by atoms with E-state index in [2.05, 4.69) is 25.0 Å². The highest BCUT2D eigenvalue weighted by Gasteiger charge is 2.20. The van der Waals surface area contributed by atoms with Gasteiger partial charge in [-0.2, -0.15) is 5.10 Å². The van der Waals surface area contributed by atoms with Crippen LogP contribution in [0.4, 0.5) is 11.6 Å². The second-order valence-electron chi connectivity index (χ2n) is 6.47. The standard InChI is InChI=1S/C17H20N8O2/c1-12-3-4-25(21-12)14-9-13(18-11-19-14)23-5-7-24(8-6-23)15-10-16(26)22(2)17(27)20-15/h3-4,9-11H,5-8H2,1-2H3,(H,20,27). The number of nitrogens with one attached hydrogen (secondary N) is 1. The van der Waals surface area contributed by atoms with Crippen LogP contribution in [-0.4, -0.2) is 55.5 Å². The molecule has 10 nitrogen and oxygen atoms in total. The molecule has 3 aromatic heterocycles. The van der Waals surface area contributed by atoms with Crippen molar-refractivity contribution in [2.45, 2.75) is 6.92 Å². The van der Waals surface area contributed by atoms with Crippen LogP contribution in [0.15, 0.2) is 40.3 Å². The number of anilines is 2. The first kappa shape index (κ1) is 17.0. The number of hydrogen-bond acceptors (Lipinski definition) is 7. The molecular weight excluding hydrogens is 348 g/mol. The maximum atomic E-state index is 11.8. The zero-order chi connectivity index (χ0) is 19.0. The molecule has 4 rings (SSSR count). The van der Waals surface area contributed by atoms with Crippen LogP contribution in [0.3, 0.4) is 0 Å². The lowest BCUT2D eigenvalue weighted by atomic mass is 10.3. The van der Waals surface area contributed by atoms with Crippen LogP contribution in [0.5, 0.6) is 0 Å². The van der Waals surface area contributed by atoms with Crippen LogP contribution >= 0.6 is 0 Å². The van der Waals surface area contributed by atoms with Gasteiger partial charge in [-0.05, 0) is 13.0 Å². The normalized spacial score (nSPS) is 14.6. The number of H-pyrrole nitrogens is 1. The Kier molecular flexibility index (Phi) is 4.22. The lowest BCUT2D eigenvalue weighted by molar-refractivity contribution is 0.633. The summed E-state index contributed by atoms with van der Waals surface area (Å²) in [5, 5.41) is 4.38. The van der Waals surface area contributed by atoms with E-state index in [-0.39, 0.29) is 5.56 Å². The summed E-state index contributed by atoms with van der Waals surface area (Å²) in [6.07, 6.45) is 3.40. The molecule has 1 aliphatic heterocycles. The van der Waals surface area contributed by atoms with Gasteiger partial charge in [0.15, 0.2) is 5.82 Å². The van der Waals surface area contributed by atoms with Crippen molar-refractivity contribution in [1.29, 1.82) is 0 Å².